The Balaban J connectivity index is 4.63. The van der Waals surface area contributed by atoms with Crippen LogP contribution < -0.4 is 16.4 Å². The van der Waals surface area contributed by atoms with Crippen molar-refractivity contribution in [3.05, 3.63) is 0 Å². The third-order valence-electron chi connectivity index (χ3n) is 2.34. The Labute approximate surface area is 131 Å². The van der Waals surface area contributed by atoms with Crippen molar-refractivity contribution in [3.63, 3.8) is 0 Å². The number of carbonyl (C=O) groups is 4. The molecule has 0 aromatic carbocycles. The molecule has 0 bridgehead atoms. The summed E-state index contributed by atoms with van der Waals surface area (Å²) in [6.07, 6.45) is -0.596. The summed E-state index contributed by atoms with van der Waals surface area (Å²) in [7, 11) is 0. The van der Waals surface area contributed by atoms with Gasteiger partial charge in [0.25, 0.3) is 0 Å². The largest absolute Gasteiger partial charge is 0.481 e. The van der Waals surface area contributed by atoms with Crippen LogP contribution in [0.1, 0.15) is 6.42 Å². The van der Waals surface area contributed by atoms with E-state index in [0.717, 1.165) is 0 Å². The van der Waals surface area contributed by atoms with Gasteiger partial charge in [-0.25, -0.2) is 4.79 Å². The van der Waals surface area contributed by atoms with E-state index in [9.17, 15) is 19.2 Å². The van der Waals surface area contributed by atoms with Crippen molar-refractivity contribution >= 4 is 49.0 Å². The number of carboxylic acids is 2. The number of thiol groups is 2. The van der Waals surface area contributed by atoms with Gasteiger partial charge in [-0.15, -0.1) is 0 Å². The Morgan fingerprint density at radius 3 is 1.81 bits per heavy atom. The van der Waals surface area contributed by atoms with Gasteiger partial charge in [-0.05, 0) is 0 Å². The molecule has 0 rings (SSSR count). The maximum Gasteiger partial charge on any atom is 0.327 e. The summed E-state index contributed by atoms with van der Waals surface area (Å²) < 4.78 is 0. The highest BCUT2D eigenvalue weighted by Gasteiger charge is 2.27. The Kier molecular flexibility index (Phi) is 8.81. The molecule has 21 heavy (non-hydrogen) atoms. The second kappa shape index (κ2) is 9.47. The zero-order valence-electron chi connectivity index (χ0n) is 10.9. The van der Waals surface area contributed by atoms with Crippen molar-refractivity contribution < 1.29 is 29.4 Å². The Morgan fingerprint density at radius 1 is 0.952 bits per heavy atom. The number of rotatable bonds is 9. The SMILES string of the molecule is N[C@@H](CC(=O)O)C(=O)NC(CS)C(=O)NC(CS)C(=O)O. The monoisotopic (exact) mass is 339 g/mol. The molecule has 120 valence electrons. The molecule has 2 unspecified atom stereocenters. The Bertz CT molecular complexity index is 420. The van der Waals surface area contributed by atoms with Gasteiger partial charge in [0.2, 0.25) is 11.8 Å². The number of amides is 2. The third kappa shape index (κ3) is 7.20. The number of hydrogen-bond donors (Lipinski definition) is 7. The molecule has 0 fully saturated rings. The molecule has 0 aromatic rings. The molecule has 0 aliphatic carbocycles. The van der Waals surface area contributed by atoms with Crippen molar-refractivity contribution in [1.29, 1.82) is 0 Å². The molecule has 9 nitrogen and oxygen atoms in total. The number of aliphatic carboxylic acids is 2. The van der Waals surface area contributed by atoms with Crippen molar-refractivity contribution in [3.8, 4) is 0 Å². The van der Waals surface area contributed by atoms with Gasteiger partial charge in [0, 0.05) is 11.5 Å². The number of hydrogen-bond acceptors (Lipinski definition) is 7. The fourth-order valence-corrected chi connectivity index (χ4v) is 1.72. The number of carbonyl (C=O) groups excluding carboxylic acids is 2. The molecule has 0 saturated carbocycles. The van der Waals surface area contributed by atoms with Crippen LogP contribution in [0.2, 0.25) is 0 Å². The highest BCUT2D eigenvalue weighted by molar-refractivity contribution is 7.80. The summed E-state index contributed by atoms with van der Waals surface area (Å²) in [5, 5.41) is 21.7. The first-order valence-corrected chi connectivity index (χ1v) is 7.02. The number of carboxylic acid groups (broad SMARTS) is 2. The van der Waals surface area contributed by atoms with E-state index in [-0.39, 0.29) is 11.5 Å². The van der Waals surface area contributed by atoms with Gasteiger partial charge in [-0.2, -0.15) is 25.3 Å². The van der Waals surface area contributed by atoms with Crippen molar-refractivity contribution in [2.45, 2.75) is 24.5 Å². The molecule has 11 heteroatoms. The van der Waals surface area contributed by atoms with Gasteiger partial charge in [0.05, 0.1) is 12.5 Å². The lowest BCUT2D eigenvalue weighted by Crippen LogP contribution is -2.55. The number of nitrogens with one attached hydrogen (secondary N) is 2. The van der Waals surface area contributed by atoms with Crippen LogP contribution in [-0.4, -0.2) is 63.6 Å². The van der Waals surface area contributed by atoms with Crippen molar-refractivity contribution in [2.75, 3.05) is 11.5 Å². The normalized spacial score (nSPS) is 14.6. The molecular formula is C10H17N3O6S2. The van der Waals surface area contributed by atoms with Gasteiger partial charge in [-0.1, -0.05) is 0 Å². The molecule has 0 radical (unpaired) electrons. The number of nitrogens with two attached hydrogens (primary N) is 1. The molecule has 0 aliphatic rings. The van der Waals surface area contributed by atoms with E-state index in [0.29, 0.717) is 0 Å². The zero-order valence-corrected chi connectivity index (χ0v) is 12.6. The molecule has 0 aliphatic heterocycles. The maximum absolute atomic E-state index is 11.8. The molecule has 0 saturated heterocycles. The summed E-state index contributed by atoms with van der Waals surface area (Å²) in [5.41, 5.74) is 5.34. The van der Waals surface area contributed by atoms with Gasteiger partial charge in [-0.3, -0.25) is 14.4 Å². The first-order valence-electron chi connectivity index (χ1n) is 5.75. The van der Waals surface area contributed by atoms with Crippen LogP contribution in [0.5, 0.6) is 0 Å². The quantitative estimate of drug-likeness (QED) is 0.233. The minimum atomic E-state index is -1.32. The van der Waals surface area contributed by atoms with Crippen LogP contribution in [0.15, 0.2) is 0 Å². The standard InChI is InChI=1S/C10H17N3O6S2/c11-4(1-7(14)15)8(16)12-5(2-20)9(17)13-6(3-21)10(18)19/h4-6,20-21H,1-3,11H2,(H,12,16)(H,13,17)(H,14,15)(H,18,19)/t4-,5?,6?/m0/s1. The van der Waals surface area contributed by atoms with Crippen molar-refractivity contribution in [1.82, 2.24) is 10.6 Å². The van der Waals surface area contributed by atoms with Crippen LogP contribution in [-0.2, 0) is 19.2 Å². The smallest absolute Gasteiger partial charge is 0.327 e. The first kappa shape index (κ1) is 19.5. The lowest BCUT2D eigenvalue weighted by molar-refractivity contribution is -0.142. The molecule has 2 amide bonds. The lowest BCUT2D eigenvalue weighted by atomic mass is 10.2. The maximum atomic E-state index is 11.8. The summed E-state index contributed by atoms with van der Waals surface area (Å²) in [6, 6.07) is -3.67. The minimum Gasteiger partial charge on any atom is -0.481 e. The third-order valence-corrected chi connectivity index (χ3v) is 3.07. The predicted octanol–water partition coefficient (Wildman–Crippen LogP) is -2.30. The fourth-order valence-electron chi connectivity index (χ4n) is 1.21. The molecule has 3 atom stereocenters. The summed E-state index contributed by atoms with van der Waals surface area (Å²) in [6.45, 7) is 0. The highest BCUT2D eigenvalue weighted by Crippen LogP contribution is 1.96. The summed E-state index contributed by atoms with van der Waals surface area (Å²) in [4.78, 5) is 44.6. The minimum absolute atomic E-state index is 0.115. The summed E-state index contributed by atoms with van der Waals surface area (Å²) >= 11 is 7.65. The van der Waals surface area contributed by atoms with E-state index >= 15 is 0 Å². The van der Waals surface area contributed by atoms with Crippen LogP contribution in [0.3, 0.4) is 0 Å². The molecule has 0 spiro atoms. The van der Waals surface area contributed by atoms with Crippen LogP contribution in [0.25, 0.3) is 0 Å². The van der Waals surface area contributed by atoms with E-state index < -0.39 is 48.3 Å². The predicted molar refractivity (Wildman–Crippen MR) is 79.4 cm³/mol. The van der Waals surface area contributed by atoms with E-state index in [4.69, 9.17) is 15.9 Å². The van der Waals surface area contributed by atoms with Gasteiger partial charge in [0.15, 0.2) is 0 Å². The van der Waals surface area contributed by atoms with Crippen LogP contribution in [0, 0.1) is 0 Å². The van der Waals surface area contributed by atoms with E-state index in [2.05, 4.69) is 35.9 Å². The van der Waals surface area contributed by atoms with Crippen LogP contribution >= 0.6 is 25.3 Å². The topological polar surface area (TPSA) is 159 Å². The Hall–Kier alpha value is -1.46. The average Bonchev–Trinajstić information content (AvgIpc) is 2.40. The van der Waals surface area contributed by atoms with Crippen molar-refractivity contribution in [2.24, 2.45) is 5.73 Å². The summed E-state index contributed by atoms with van der Waals surface area (Å²) in [5.74, 6) is -4.40. The zero-order chi connectivity index (χ0) is 16.6. The first-order chi connectivity index (χ1) is 9.72. The van der Waals surface area contributed by atoms with E-state index in [1.54, 1.807) is 0 Å². The van der Waals surface area contributed by atoms with Crippen LogP contribution in [0.4, 0.5) is 0 Å². The molecule has 6 N–H and O–H groups in total. The Morgan fingerprint density at radius 2 is 1.43 bits per heavy atom. The second-order valence-electron chi connectivity index (χ2n) is 4.03. The van der Waals surface area contributed by atoms with E-state index in [1.165, 1.54) is 0 Å². The lowest BCUT2D eigenvalue weighted by Gasteiger charge is -2.20. The highest BCUT2D eigenvalue weighted by atomic mass is 32.1. The van der Waals surface area contributed by atoms with Gasteiger partial charge in [0.1, 0.15) is 12.1 Å². The second-order valence-corrected chi connectivity index (χ2v) is 4.76. The molecular weight excluding hydrogens is 322 g/mol. The molecule has 0 heterocycles. The average molecular weight is 339 g/mol. The fraction of sp³-hybridized carbons (Fsp3) is 0.600. The van der Waals surface area contributed by atoms with Gasteiger partial charge >= 0.3 is 11.9 Å². The van der Waals surface area contributed by atoms with Gasteiger partial charge < -0.3 is 26.6 Å². The van der Waals surface area contributed by atoms with E-state index in [1.807, 2.05) is 0 Å². The molecule has 0 aromatic heterocycles.